The monoisotopic (exact) mass is 442 g/mol. The molecular weight excluding hydrogens is 417 g/mol. The summed E-state index contributed by atoms with van der Waals surface area (Å²) in [5, 5.41) is 11.4. The third-order valence-electron chi connectivity index (χ3n) is 6.90. The lowest BCUT2D eigenvalue weighted by atomic mass is 9.59. The fourth-order valence-electron chi connectivity index (χ4n) is 5.21. The maximum absolute atomic E-state index is 12.9. The number of nitro benzene ring substituents is 1. The quantitative estimate of drug-likeness (QED) is 0.395. The van der Waals surface area contributed by atoms with Crippen molar-refractivity contribution in [2.75, 3.05) is 24.6 Å². The zero-order chi connectivity index (χ0) is 22.6. The Morgan fingerprint density at radius 2 is 1.94 bits per heavy atom. The van der Waals surface area contributed by atoms with Crippen molar-refractivity contribution >= 4 is 17.3 Å². The molecule has 3 aliphatic rings. The molecule has 1 aromatic rings. The molecule has 7 nitrogen and oxygen atoms in total. The molecular formula is C21H25F3N2O5. The summed E-state index contributed by atoms with van der Waals surface area (Å²) in [6.07, 6.45) is -2.99. The normalized spacial score (nSPS) is 28.0. The SMILES string of the molecule is CC1(C)[C@@H]2OCC[C@H]2[C@H]1OC(=O)C1CCN(c2ccc(C(F)(F)F)cc2[N+](=O)[O-])CC1. The van der Waals surface area contributed by atoms with E-state index in [2.05, 4.69) is 0 Å². The van der Waals surface area contributed by atoms with Gasteiger partial charge in [0.2, 0.25) is 0 Å². The number of esters is 1. The minimum absolute atomic E-state index is 0.118. The topological polar surface area (TPSA) is 81.9 Å². The summed E-state index contributed by atoms with van der Waals surface area (Å²) in [6, 6.07) is 2.55. The fraction of sp³-hybridized carbons (Fsp3) is 0.667. The van der Waals surface area contributed by atoms with Crippen LogP contribution < -0.4 is 4.90 Å². The third kappa shape index (κ3) is 3.86. The first-order valence-electron chi connectivity index (χ1n) is 10.4. The number of ether oxygens (including phenoxy) is 2. The van der Waals surface area contributed by atoms with E-state index in [1.165, 1.54) is 0 Å². The lowest BCUT2D eigenvalue weighted by Gasteiger charge is -2.53. The predicted molar refractivity (Wildman–Crippen MR) is 105 cm³/mol. The van der Waals surface area contributed by atoms with Gasteiger partial charge in [-0.05, 0) is 31.4 Å². The van der Waals surface area contributed by atoms with Crippen LogP contribution in [0, 0.1) is 27.4 Å². The Balaban J connectivity index is 1.40. The van der Waals surface area contributed by atoms with Crippen LogP contribution in [0.5, 0.6) is 0 Å². The van der Waals surface area contributed by atoms with Crippen molar-refractivity contribution in [3.8, 4) is 0 Å². The predicted octanol–water partition coefficient (Wildman–Crippen LogP) is 4.19. The van der Waals surface area contributed by atoms with Crippen molar-refractivity contribution < 1.29 is 32.4 Å². The standard InChI is InChI=1S/C21H25F3N2O5/c1-20(2)17-14(7-10-30-17)18(20)31-19(27)12-5-8-25(9-6-12)15-4-3-13(21(22,23)24)11-16(15)26(28)29/h3-4,11-12,14,17-18H,5-10H2,1-2H3/t14-,17-,18-/m1/s1. The molecule has 0 amide bonds. The highest BCUT2D eigenvalue weighted by molar-refractivity contribution is 5.74. The molecule has 3 fully saturated rings. The molecule has 2 aliphatic heterocycles. The van der Waals surface area contributed by atoms with E-state index in [0.29, 0.717) is 38.6 Å². The first-order valence-corrected chi connectivity index (χ1v) is 10.4. The van der Waals surface area contributed by atoms with Crippen LogP contribution in [0.2, 0.25) is 0 Å². The summed E-state index contributed by atoms with van der Waals surface area (Å²) in [4.78, 5) is 25.0. The summed E-state index contributed by atoms with van der Waals surface area (Å²) >= 11 is 0. The first kappa shape index (κ1) is 21.9. The van der Waals surface area contributed by atoms with Gasteiger partial charge in [-0.2, -0.15) is 13.2 Å². The van der Waals surface area contributed by atoms with Crippen LogP contribution >= 0.6 is 0 Å². The maximum Gasteiger partial charge on any atom is 0.416 e. The molecule has 0 aromatic heterocycles. The second-order valence-electron chi connectivity index (χ2n) is 9.14. The zero-order valence-electron chi connectivity index (χ0n) is 17.4. The van der Waals surface area contributed by atoms with Gasteiger partial charge in [0.1, 0.15) is 11.8 Å². The number of hydrogen-bond acceptors (Lipinski definition) is 6. The highest BCUT2D eigenvalue weighted by atomic mass is 19.4. The minimum Gasteiger partial charge on any atom is -0.461 e. The van der Waals surface area contributed by atoms with Gasteiger partial charge in [-0.1, -0.05) is 13.8 Å². The molecule has 0 N–H and O–H groups in total. The Morgan fingerprint density at radius 3 is 2.55 bits per heavy atom. The van der Waals surface area contributed by atoms with Gasteiger partial charge in [-0.15, -0.1) is 0 Å². The Bertz CT molecular complexity index is 880. The van der Waals surface area contributed by atoms with E-state index in [9.17, 15) is 28.1 Å². The third-order valence-corrected chi connectivity index (χ3v) is 6.90. The summed E-state index contributed by atoms with van der Waals surface area (Å²) in [5.41, 5.74) is -1.73. The molecule has 10 heteroatoms. The van der Waals surface area contributed by atoms with Gasteiger partial charge in [0.05, 0.1) is 22.5 Å². The first-order chi connectivity index (χ1) is 14.5. The lowest BCUT2D eigenvalue weighted by Crippen LogP contribution is -2.61. The molecule has 1 aliphatic carbocycles. The number of carbonyl (C=O) groups excluding carboxylic acids is 1. The van der Waals surface area contributed by atoms with Gasteiger partial charge in [0.25, 0.3) is 5.69 Å². The number of halogens is 3. The van der Waals surface area contributed by atoms with E-state index >= 15 is 0 Å². The van der Waals surface area contributed by atoms with Crippen LogP contribution in [0.1, 0.15) is 38.7 Å². The van der Waals surface area contributed by atoms with Crippen molar-refractivity contribution in [2.24, 2.45) is 17.3 Å². The number of anilines is 1. The molecule has 31 heavy (non-hydrogen) atoms. The van der Waals surface area contributed by atoms with E-state index in [-0.39, 0.29) is 41.1 Å². The molecule has 0 bridgehead atoms. The Hall–Kier alpha value is -2.36. The zero-order valence-corrected chi connectivity index (χ0v) is 17.4. The van der Waals surface area contributed by atoms with Crippen molar-refractivity contribution in [3.05, 3.63) is 33.9 Å². The van der Waals surface area contributed by atoms with Crippen LogP contribution in [-0.2, 0) is 20.4 Å². The van der Waals surface area contributed by atoms with E-state index in [1.54, 1.807) is 4.90 Å². The van der Waals surface area contributed by atoms with Crippen molar-refractivity contribution in [2.45, 2.75) is 51.5 Å². The number of nitrogens with zero attached hydrogens (tertiary/aromatic N) is 2. The van der Waals surface area contributed by atoms with Gasteiger partial charge in [0, 0.05) is 37.1 Å². The van der Waals surface area contributed by atoms with Crippen LogP contribution in [0.3, 0.4) is 0 Å². The molecule has 0 radical (unpaired) electrons. The number of rotatable bonds is 4. The number of alkyl halides is 3. The van der Waals surface area contributed by atoms with Crippen molar-refractivity contribution in [3.63, 3.8) is 0 Å². The van der Waals surface area contributed by atoms with Crippen molar-refractivity contribution in [1.29, 1.82) is 0 Å². The van der Waals surface area contributed by atoms with Gasteiger partial charge in [0.15, 0.2) is 0 Å². The highest BCUT2D eigenvalue weighted by Gasteiger charge is 2.61. The molecule has 4 rings (SSSR count). The van der Waals surface area contributed by atoms with Crippen molar-refractivity contribution in [1.82, 2.24) is 0 Å². The minimum atomic E-state index is -4.65. The molecule has 0 spiro atoms. The smallest absolute Gasteiger partial charge is 0.416 e. The maximum atomic E-state index is 12.9. The molecule has 3 atom stereocenters. The lowest BCUT2D eigenvalue weighted by molar-refractivity contribution is -0.384. The Kier molecular flexibility index (Phi) is 5.39. The van der Waals surface area contributed by atoms with E-state index in [4.69, 9.17) is 9.47 Å². The fourth-order valence-corrected chi connectivity index (χ4v) is 5.21. The number of benzene rings is 1. The van der Waals surface area contributed by atoms with Crippen LogP contribution in [0.4, 0.5) is 24.5 Å². The summed E-state index contributed by atoms with van der Waals surface area (Å²) < 4.78 is 50.3. The second-order valence-corrected chi connectivity index (χ2v) is 9.14. The largest absolute Gasteiger partial charge is 0.461 e. The average molecular weight is 442 g/mol. The molecule has 1 saturated carbocycles. The van der Waals surface area contributed by atoms with E-state index < -0.39 is 22.4 Å². The van der Waals surface area contributed by atoms with Crippen LogP contribution in [-0.4, -0.2) is 42.8 Å². The molecule has 0 unspecified atom stereocenters. The molecule has 170 valence electrons. The van der Waals surface area contributed by atoms with Crippen LogP contribution in [0.15, 0.2) is 18.2 Å². The highest BCUT2D eigenvalue weighted by Crippen LogP contribution is 2.54. The van der Waals surface area contributed by atoms with Gasteiger partial charge in [-0.25, -0.2) is 0 Å². The number of carbonyl (C=O) groups is 1. The Labute approximate surface area is 177 Å². The molecule has 2 saturated heterocycles. The molecule has 1 aromatic carbocycles. The number of hydrogen-bond donors (Lipinski definition) is 0. The average Bonchev–Trinajstić information content (AvgIpc) is 3.18. The second kappa shape index (κ2) is 7.65. The number of fused-ring (bicyclic) bond motifs is 1. The van der Waals surface area contributed by atoms with E-state index in [1.807, 2.05) is 13.8 Å². The number of nitro groups is 1. The van der Waals surface area contributed by atoms with Crippen LogP contribution in [0.25, 0.3) is 0 Å². The summed E-state index contributed by atoms with van der Waals surface area (Å²) in [6.45, 7) is 5.40. The van der Waals surface area contributed by atoms with Gasteiger partial charge < -0.3 is 14.4 Å². The summed E-state index contributed by atoms with van der Waals surface area (Å²) in [7, 11) is 0. The van der Waals surface area contributed by atoms with E-state index in [0.717, 1.165) is 18.6 Å². The van der Waals surface area contributed by atoms with Gasteiger partial charge in [-0.3, -0.25) is 14.9 Å². The summed E-state index contributed by atoms with van der Waals surface area (Å²) in [5.74, 6) is -0.374. The Morgan fingerprint density at radius 1 is 1.26 bits per heavy atom. The molecule has 2 heterocycles. The van der Waals surface area contributed by atoms with Gasteiger partial charge >= 0.3 is 12.1 Å². The number of piperidine rings is 1.